The van der Waals surface area contributed by atoms with Gasteiger partial charge in [0.2, 0.25) is 5.91 Å². The van der Waals surface area contributed by atoms with E-state index in [1.807, 2.05) is 30.5 Å². The van der Waals surface area contributed by atoms with Crippen LogP contribution >= 0.6 is 23.3 Å². The van der Waals surface area contributed by atoms with E-state index in [4.69, 9.17) is 9.97 Å². The smallest absolute Gasteiger partial charge is 0.358 e. The van der Waals surface area contributed by atoms with Gasteiger partial charge in [0.15, 0.2) is 22.3 Å². The van der Waals surface area contributed by atoms with Gasteiger partial charge in [0.25, 0.3) is 5.92 Å². The van der Waals surface area contributed by atoms with E-state index < -0.39 is 72.0 Å². The first-order valence-corrected chi connectivity index (χ1v) is 19.3. The van der Waals surface area contributed by atoms with Crippen molar-refractivity contribution in [3.8, 4) is 11.1 Å². The maximum Gasteiger partial charge on any atom is 0.435 e. The summed E-state index contributed by atoms with van der Waals surface area (Å²) >= 11 is 2.73. The topological polar surface area (TPSA) is 115 Å². The van der Waals surface area contributed by atoms with Crippen LogP contribution in [0.5, 0.6) is 0 Å². The third-order valence-corrected chi connectivity index (χ3v) is 11.2. The van der Waals surface area contributed by atoms with Crippen molar-refractivity contribution in [2.45, 2.75) is 63.3 Å². The molecule has 1 fully saturated rings. The second-order valence-electron chi connectivity index (χ2n) is 13.8. The van der Waals surface area contributed by atoms with E-state index in [0.29, 0.717) is 54.6 Å². The first-order valence-electron chi connectivity index (χ1n) is 17.2. The number of hydrogen-bond donors (Lipinski definition) is 3. The van der Waals surface area contributed by atoms with Gasteiger partial charge in [-0.25, -0.2) is 18.7 Å². The monoisotopic (exact) mass is 803 g/mol. The van der Waals surface area contributed by atoms with Crippen LogP contribution in [0.2, 0.25) is 0 Å². The molecule has 0 spiro atoms. The molecule has 4 heterocycles. The molecule has 2 aromatic carbocycles. The van der Waals surface area contributed by atoms with Crippen LogP contribution in [-0.4, -0.2) is 47.7 Å². The van der Waals surface area contributed by atoms with Crippen LogP contribution in [0, 0.1) is 17.6 Å². The largest absolute Gasteiger partial charge is 0.435 e. The van der Waals surface area contributed by atoms with Crippen molar-refractivity contribution < 1.29 is 35.5 Å². The lowest BCUT2D eigenvalue weighted by Crippen LogP contribution is -2.35. The number of fused-ring (bicyclic) bond motifs is 3. The lowest BCUT2D eigenvalue weighted by molar-refractivity contribution is -0.142. The van der Waals surface area contributed by atoms with Gasteiger partial charge in [0.1, 0.15) is 23.9 Å². The number of nitrogens with one attached hydrogen (secondary N) is 3. The number of benzene rings is 2. The molecule has 0 radical (unpaired) electrons. The van der Waals surface area contributed by atoms with Crippen molar-refractivity contribution >= 4 is 61.4 Å². The predicted molar refractivity (Wildman–Crippen MR) is 196 cm³/mol. The summed E-state index contributed by atoms with van der Waals surface area (Å²) in [5.41, 5.74) is -0.631. The molecule has 288 valence electrons. The normalized spacial score (nSPS) is 18.1. The Kier molecular flexibility index (Phi) is 9.21. The highest BCUT2D eigenvalue weighted by molar-refractivity contribution is 7.99. The number of alkyl halides is 5. The summed E-state index contributed by atoms with van der Waals surface area (Å²) in [4.78, 5) is 23.5. The number of amides is 1. The van der Waals surface area contributed by atoms with Crippen molar-refractivity contribution in [1.29, 1.82) is 0 Å². The Morgan fingerprint density at radius 1 is 1.09 bits per heavy atom. The van der Waals surface area contributed by atoms with Gasteiger partial charge in [-0.3, -0.25) is 14.2 Å². The van der Waals surface area contributed by atoms with Crippen molar-refractivity contribution in [2.24, 2.45) is 13.0 Å². The molecule has 3 unspecified atom stereocenters. The van der Waals surface area contributed by atoms with Crippen LogP contribution in [0.15, 0.2) is 42.5 Å². The molecule has 2 aliphatic rings. The Bertz CT molecular complexity index is 2460. The third-order valence-electron chi connectivity index (χ3n) is 9.86. The van der Waals surface area contributed by atoms with Crippen molar-refractivity contribution in [3.63, 3.8) is 0 Å². The zero-order valence-corrected chi connectivity index (χ0v) is 31.0. The second kappa shape index (κ2) is 13.7. The van der Waals surface area contributed by atoms with E-state index in [2.05, 4.69) is 32.5 Å². The lowest BCUT2D eigenvalue weighted by Gasteiger charge is -2.23. The van der Waals surface area contributed by atoms with Gasteiger partial charge >= 0.3 is 6.18 Å². The molecule has 0 aliphatic heterocycles. The summed E-state index contributed by atoms with van der Waals surface area (Å²) in [5, 5.41) is 15.6. The maximum atomic E-state index is 15.0. The minimum atomic E-state index is -5.03. The van der Waals surface area contributed by atoms with Crippen LogP contribution in [0.4, 0.5) is 41.7 Å². The Morgan fingerprint density at radius 3 is 2.53 bits per heavy atom. The number of carbonyl (C=O) groups excluding carboxylic acids is 1. The highest BCUT2D eigenvalue weighted by Gasteiger charge is 2.50. The predicted octanol–water partition coefficient (Wildman–Crippen LogP) is 8.39. The molecule has 10 nitrogen and oxygen atoms in total. The molecule has 8 rings (SSSR count). The SMILES string of the molecule is CSNc1nn(C)c2c(-c3cc4sc(NC5CC5C)nc4nc3C(Cc3cc(F)cc(F)c3)NC(=O)Cn3nc(C(F)(F)F)c4c3C(F)(F)CC4)cccc12. The van der Waals surface area contributed by atoms with E-state index >= 15 is 0 Å². The van der Waals surface area contributed by atoms with Crippen molar-refractivity contribution in [3.05, 3.63) is 82.3 Å². The average molecular weight is 804 g/mol. The molecule has 1 saturated carbocycles. The number of aromatic nitrogens is 6. The fraction of sp³-hybridized carbons (Fsp3) is 0.361. The van der Waals surface area contributed by atoms with E-state index in [9.17, 15) is 35.5 Å². The van der Waals surface area contributed by atoms with Gasteiger partial charge in [0, 0.05) is 53.9 Å². The highest BCUT2D eigenvalue weighted by Crippen LogP contribution is 2.47. The number of pyridine rings is 1. The van der Waals surface area contributed by atoms with Gasteiger partial charge in [-0.2, -0.15) is 32.1 Å². The van der Waals surface area contributed by atoms with Crippen LogP contribution in [-0.2, 0) is 43.3 Å². The number of carbonyl (C=O) groups is 1. The maximum absolute atomic E-state index is 15.0. The molecule has 4 aromatic heterocycles. The number of halogens is 7. The Morgan fingerprint density at radius 2 is 1.84 bits per heavy atom. The fourth-order valence-electron chi connectivity index (χ4n) is 7.27. The number of hydrogen-bond acceptors (Lipinski definition) is 9. The number of rotatable bonds is 11. The van der Waals surface area contributed by atoms with E-state index in [-0.39, 0.29) is 23.7 Å². The van der Waals surface area contributed by atoms with Crippen LogP contribution in [0.25, 0.3) is 32.4 Å². The molecule has 0 saturated heterocycles. The van der Waals surface area contributed by atoms with E-state index in [1.54, 1.807) is 11.7 Å². The summed E-state index contributed by atoms with van der Waals surface area (Å²) < 4.78 is 107. The Balaban J connectivity index is 1.27. The molecule has 2 aliphatic carbocycles. The quantitative estimate of drug-likeness (QED) is 0.0885. The number of para-hydroxylation sites is 1. The van der Waals surface area contributed by atoms with Gasteiger partial charge in [0.05, 0.1) is 22.0 Å². The van der Waals surface area contributed by atoms with Crippen LogP contribution < -0.4 is 15.4 Å². The van der Waals surface area contributed by atoms with Crippen molar-refractivity contribution in [2.75, 3.05) is 16.3 Å². The van der Waals surface area contributed by atoms with Crippen LogP contribution in [0.3, 0.4) is 0 Å². The lowest BCUT2D eigenvalue weighted by atomic mass is 9.94. The van der Waals surface area contributed by atoms with E-state index in [0.717, 1.165) is 23.9 Å². The molecular weight excluding hydrogens is 772 g/mol. The van der Waals surface area contributed by atoms with E-state index in [1.165, 1.54) is 23.3 Å². The summed E-state index contributed by atoms with van der Waals surface area (Å²) in [6.07, 6.45) is -3.86. The average Bonchev–Trinajstić information content (AvgIpc) is 3.44. The number of aryl methyl sites for hydroxylation is 1. The van der Waals surface area contributed by atoms with Gasteiger partial charge in [-0.15, -0.1) is 0 Å². The number of thiazole rings is 1. The van der Waals surface area contributed by atoms with Gasteiger partial charge in [-0.05, 0) is 55.0 Å². The third kappa shape index (κ3) is 7.07. The zero-order chi connectivity index (χ0) is 39.0. The Labute approximate surface area is 317 Å². The molecule has 19 heteroatoms. The molecule has 3 atom stereocenters. The summed E-state index contributed by atoms with van der Waals surface area (Å²) in [6.45, 7) is 1.12. The standard InChI is InChI=1S/C36H32F7N9OS2/c1-16-9-24(16)45-34-47-33-26(55-34)14-23(20-5-4-6-21-29(20)51(2)49-32(21)50-54-3)28(46-33)25(12-17-10-18(37)13-19(38)11-17)44-27(53)15-52-31-22(7-8-35(31,39)40)30(48-52)36(41,42)43/h4-6,10-11,13-14,16,24-25H,7-9,12,15H2,1-3H3,(H,44,53)(H,49,50)(H,45,46,47). The summed E-state index contributed by atoms with van der Waals surface area (Å²) in [7, 11) is 1.76. The summed E-state index contributed by atoms with van der Waals surface area (Å²) in [6, 6.07) is 9.28. The Hall–Kier alpha value is -4.91. The second-order valence-corrected chi connectivity index (χ2v) is 15.5. The molecule has 0 bridgehead atoms. The minimum Gasteiger partial charge on any atom is -0.358 e. The van der Waals surface area contributed by atoms with Crippen molar-refractivity contribution in [1.82, 2.24) is 34.8 Å². The molecule has 55 heavy (non-hydrogen) atoms. The van der Waals surface area contributed by atoms with Crippen LogP contribution in [0.1, 0.15) is 54.0 Å². The first-order chi connectivity index (χ1) is 26.1. The fourth-order valence-corrected chi connectivity index (χ4v) is 8.53. The molecular formula is C36H32F7N9OS2. The number of nitrogens with zero attached hydrogens (tertiary/aromatic N) is 6. The van der Waals surface area contributed by atoms with Gasteiger partial charge in [-0.1, -0.05) is 42.3 Å². The van der Waals surface area contributed by atoms with Gasteiger partial charge < -0.3 is 15.4 Å². The molecule has 1 amide bonds. The molecule has 3 N–H and O–H groups in total. The summed E-state index contributed by atoms with van der Waals surface area (Å²) in [5.74, 6) is -5.33. The first kappa shape index (κ1) is 37.0. The number of anilines is 2. The molecule has 6 aromatic rings. The highest BCUT2D eigenvalue weighted by atomic mass is 32.2. The zero-order valence-electron chi connectivity index (χ0n) is 29.4. The minimum absolute atomic E-state index is 0.120.